The lowest BCUT2D eigenvalue weighted by molar-refractivity contribution is -0.119. The van der Waals surface area contributed by atoms with Crippen LogP contribution in [0.4, 0.5) is 5.69 Å². The van der Waals surface area contributed by atoms with Gasteiger partial charge in [-0.15, -0.1) is 0 Å². The van der Waals surface area contributed by atoms with E-state index < -0.39 is 30.3 Å². The molecule has 1 aromatic heterocycles. The zero-order valence-electron chi connectivity index (χ0n) is 13.5. The van der Waals surface area contributed by atoms with Crippen LogP contribution in [0.3, 0.4) is 0 Å². The average molecular weight is 374 g/mol. The molecule has 0 unspecified atom stereocenters. The number of carbonyl (C=O) groups excluding carboxylic acids is 4. The summed E-state index contributed by atoms with van der Waals surface area (Å²) < 4.78 is 4.93. The fraction of sp³-hybridized carbons (Fsp3) is 0.118. The van der Waals surface area contributed by atoms with E-state index in [2.05, 4.69) is 10.3 Å². The van der Waals surface area contributed by atoms with Crippen molar-refractivity contribution >= 4 is 41.0 Å². The Morgan fingerprint density at radius 2 is 1.92 bits per heavy atom. The van der Waals surface area contributed by atoms with Crippen LogP contribution in [-0.4, -0.2) is 47.2 Å². The lowest BCUT2D eigenvalue weighted by Crippen LogP contribution is -2.24. The molecule has 0 radical (unpaired) electrons. The van der Waals surface area contributed by atoms with E-state index in [0.29, 0.717) is 5.69 Å². The van der Waals surface area contributed by atoms with Crippen LogP contribution >= 0.6 is 11.6 Å². The topological polar surface area (TPSA) is 106 Å². The summed E-state index contributed by atoms with van der Waals surface area (Å²) in [6.07, 6.45) is 1.47. The highest BCUT2D eigenvalue weighted by Gasteiger charge is 2.33. The van der Waals surface area contributed by atoms with Gasteiger partial charge in [0.1, 0.15) is 0 Å². The Kier molecular flexibility index (Phi) is 4.68. The maximum absolute atomic E-state index is 12.1. The van der Waals surface area contributed by atoms with Crippen LogP contribution in [0.25, 0.3) is 0 Å². The van der Waals surface area contributed by atoms with E-state index in [4.69, 9.17) is 16.3 Å². The molecule has 0 saturated heterocycles. The highest BCUT2D eigenvalue weighted by molar-refractivity contribution is 6.32. The number of nitrogens with one attached hydrogen (secondary N) is 1. The first-order valence-electron chi connectivity index (χ1n) is 7.42. The third kappa shape index (κ3) is 3.27. The third-order valence-corrected chi connectivity index (χ3v) is 3.99. The summed E-state index contributed by atoms with van der Waals surface area (Å²) in [4.78, 5) is 52.5. The lowest BCUT2D eigenvalue weighted by Gasteiger charge is -2.07. The molecule has 2 heterocycles. The summed E-state index contributed by atoms with van der Waals surface area (Å²) in [7, 11) is 1.36. The minimum atomic E-state index is -0.796. The normalized spacial score (nSPS) is 12.8. The lowest BCUT2D eigenvalue weighted by atomic mass is 10.1. The molecule has 0 saturated carbocycles. The number of hydrogen-bond donors (Lipinski definition) is 1. The van der Waals surface area contributed by atoms with Crippen molar-refractivity contribution in [3.63, 3.8) is 0 Å². The molecular weight excluding hydrogens is 362 g/mol. The summed E-state index contributed by atoms with van der Waals surface area (Å²) in [6, 6.07) is 7.16. The number of amides is 3. The Labute approximate surface area is 152 Å². The second-order valence-corrected chi connectivity index (χ2v) is 5.75. The van der Waals surface area contributed by atoms with E-state index in [1.165, 1.54) is 31.4 Å². The predicted octanol–water partition coefficient (Wildman–Crippen LogP) is 1.76. The SMILES string of the molecule is CN1C(=O)c2ccc(C(=O)OCC(=O)Nc3cccnc3Cl)cc2C1=O. The first-order chi connectivity index (χ1) is 12.4. The molecule has 0 spiro atoms. The molecule has 1 aromatic carbocycles. The first kappa shape index (κ1) is 17.6. The molecule has 3 amide bonds. The van der Waals surface area contributed by atoms with Crippen LogP contribution in [0.1, 0.15) is 31.1 Å². The monoisotopic (exact) mass is 373 g/mol. The van der Waals surface area contributed by atoms with Gasteiger partial charge in [0.25, 0.3) is 17.7 Å². The van der Waals surface area contributed by atoms with E-state index in [-0.39, 0.29) is 21.8 Å². The number of ether oxygens (including phenoxy) is 1. The van der Waals surface area contributed by atoms with Crippen LogP contribution in [0, 0.1) is 0 Å². The van der Waals surface area contributed by atoms with Gasteiger partial charge in [-0.05, 0) is 30.3 Å². The third-order valence-electron chi connectivity index (χ3n) is 3.69. The van der Waals surface area contributed by atoms with E-state index in [0.717, 1.165) is 4.90 Å². The largest absolute Gasteiger partial charge is 0.452 e. The summed E-state index contributed by atoms with van der Waals surface area (Å²) in [5.74, 6) is -2.32. The van der Waals surface area contributed by atoms with Crippen LogP contribution < -0.4 is 5.32 Å². The fourth-order valence-corrected chi connectivity index (χ4v) is 2.53. The van der Waals surface area contributed by atoms with Crippen molar-refractivity contribution in [2.75, 3.05) is 19.0 Å². The highest BCUT2D eigenvalue weighted by atomic mass is 35.5. The molecule has 2 aromatic rings. The Bertz CT molecular complexity index is 944. The van der Waals surface area contributed by atoms with E-state index in [1.807, 2.05) is 0 Å². The molecule has 1 aliphatic heterocycles. The smallest absolute Gasteiger partial charge is 0.338 e. The summed E-state index contributed by atoms with van der Waals surface area (Å²) >= 11 is 5.82. The Morgan fingerprint density at radius 3 is 2.65 bits per heavy atom. The zero-order valence-corrected chi connectivity index (χ0v) is 14.2. The van der Waals surface area contributed by atoms with Gasteiger partial charge < -0.3 is 10.1 Å². The van der Waals surface area contributed by atoms with Crippen LogP contribution in [-0.2, 0) is 9.53 Å². The highest BCUT2D eigenvalue weighted by Crippen LogP contribution is 2.23. The van der Waals surface area contributed by atoms with Gasteiger partial charge in [-0.3, -0.25) is 19.3 Å². The number of anilines is 1. The summed E-state index contributed by atoms with van der Waals surface area (Å²) in [5.41, 5.74) is 0.698. The maximum Gasteiger partial charge on any atom is 0.338 e. The molecule has 9 heteroatoms. The predicted molar refractivity (Wildman–Crippen MR) is 91.0 cm³/mol. The minimum absolute atomic E-state index is 0.0624. The van der Waals surface area contributed by atoms with Gasteiger partial charge in [0, 0.05) is 13.2 Å². The molecule has 0 aliphatic carbocycles. The number of aromatic nitrogens is 1. The molecule has 26 heavy (non-hydrogen) atoms. The van der Waals surface area contributed by atoms with Crippen LogP contribution in [0.5, 0.6) is 0 Å². The van der Waals surface area contributed by atoms with E-state index in [1.54, 1.807) is 12.1 Å². The first-order valence-corrected chi connectivity index (χ1v) is 7.80. The molecule has 132 valence electrons. The summed E-state index contributed by atoms with van der Waals surface area (Å²) in [5, 5.41) is 2.57. The van der Waals surface area contributed by atoms with Crippen molar-refractivity contribution < 1.29 is 23.9 Å². The number of carbonyl (C=O) groups is 4. The fourth-order valence-electron chi connectivity index (χ4n) is 2.37. The number of pyridine rings is 1. The number of esters is 1. The van der Waals surface area contributed by atoms with Crippen molar-refractivity contribution in [2.24, 2.45) is 0 Å². The standard InChI is InChI=1S/C17H12ClN3O5/c1-21-15(23)10-5-4-9(7-11(10)16(21)24)17(25)26-8-13(22)20-12-3-2-6-19-14(12)18/h2-7H,8H2,1H3,(H,20,22). The van der Waals surface area contributed by atoms with Gasteiger partial charge in [0.05, 0.1) is 22.4 Å². The van der Waals surface area contributed by atoms with Gasteiger partial charge in [-0.1, -0.05) is 11.6 Å². The summed E-state index contributed by atoms with van der Waals surface area (Å²) in [6.45, 7) is -0.548. The minimum Gasteiger partial charge on any atom is -0.452 e. The second kappa shape index (κ2) is 6.93. The molecule has 1 N–H and O–H groups in total. The Morgan fingerprint density at radius 1 is 1.19 bits per heavy atom. The van der Waals surface area contributed by atoms with Gasteiger partial charge in [-0.25, -0.2) is 9.78 Å². The van der Waals surface area contributed by atoms with E-state index in [9.17, 15) is 19.2 Å². The number of rotatable bonds is 4. The number of fused-ring (bicyclic) bond motifs is 1. The Hall–Kier alpha value is -3.26. The van der Waals surface area contributed by atoms with Gasteiger partial charge in [-0.2, -0.15) is 0 Å². The average Bonchev–Trinajstić information content (AvgIpc) is 2.85. The van der Waals surface area contributed by atoms with Crippen molar-refractivity contribution in [2.45, 2.75) is 0 Å². The number of benzene rings is 1. The van der Waals surface area contributed by atoms with Gasteiger partial charge >= 0.3 is 5.97 Å². The van der Waals surface area contributed by atoms with Crippen molar-refractivity contribution in [3.05, 3.63) is 58.4 Å². The van der Waals surface area contributed by atoms with Crippen LogP contribution in [0.2, 0.25) is 5.15 Å². The van der Waals surface area contributed by atoms with Crippen LogP contribution in [0.15, 0.2) is 36.5 Å². The maximum atomic E-state index is 12.1. The van der Waals surface area contributed by atoms with Crippen molar-refractivity contribution in [1.82, 2.24) is 9.88 Å². The molecule has 1 aliphatic rings. The number of nitrogens with zero attached hydrogens (tertiary/aromatic N) is 2. The van der Waals surface area contributed by atoms with Gasteiger partial charge in [0.15, 0.2) is 11.8 Å². The molecule has 0 atom stereocenters. The quantitative estimate of drug-likeness (QED) is 0.497. The number of imide groups is 1. The van der Waals surface area contributed by atoms with Crippen molar-refractivity contribution in [3.8, 4) is 0 Å². The molecule has 3 rings (SSSR count). The number of halogens is 1. The van der Waals surface area contributed by atoms with Crippen molar-refractivity contribution in [1.29, 1.82) is 0 Å². The van der Waals surface area contributed by atoms with E-state index >= 15 is 0 Å². The molecular formula is C17H12ClN3O5. The van der Waals surface area contributed by atoms with Gasteiger partial charge in [0.2, 0.25) is 0 Å². The molecule has 0 fully saturated rings. The Balaban J connectivity index is 1.64. The molecule has 8 nitrogen and oxygen atoms in total. The molecule has 0 bridgehead atoms. The number of hydrogen-bond acceptors (Lipinski definition) is 6. The second-order valence-electron chi connectivity index (χ2n) is 5.40. The zero-order chi connectivity index (χ0) is 18.8.